The Hall–Kier alpha value is -4.66. The highest BCUT2D eigenvalue weighted by Crippen LogP contribution is 2.50. The Kier molecular flexibility index (Phi) is 3.99. The quantitative estimate of drug-likeness (QED) is 0.198. The van der Waals surface area contributed by atoms with Gasteiger partial charge in [-0.2, -0.15) is 0 Å². The molecule has 0 unspecified atom stereocenters. The van der Waals surface area contributed by atoms with Gasteiger partial charge in [0, 0.05) is 52.8 Å². The lowest BCUT2D eigenvalue weighted by molar-refractivity contribution is 1.19. The highest BCUT2D eigenvalue weighted by Gasteiger charge is 2.23. The highest BCUT2D eigenvalue weighted by molar-refractivity contribution is 7.27. The van der Waals surface area contributed by atoms with E-state index in [2.05, 4.69) is 132 Å². The molecule has 0 aliphatic heterocycles. The molecule has 2 heterocycles. The van der Waals surface area contributed by atoms with E-state index in [1.54, 1.807) is 0 Å². The van der Waals surface area contributed by atoms with Crippen molar-refractivity contribution in [3.05, 3.63) is 127 Å². The van der Waals surface area contributed by atoms with E-state index in [0.29, 0.717) is 0 Å². The van der Waals surface area contributed by atoms with Crippen LogP contribution in [0.25, 0.3) is 80.0 Å². The summed E-state index contributed by atoms with van der Waals surface area (Å²) in [6.45, 7) is 0. The van der Waals surface area contributed by atoms with E-state index < -0.39 is 0 Å². The van der Waals surface area contributed by atoms with Gasteiger partial charge in [0.2, 0.25) is 0 Å². The fraction of sp³-hybridized carbons (Fsp3) is 0. The molecule has 0 atom stereocenters. The minimum atomic E-state index is 1.19. The second-order valence-electron chi connectivity index (χ2n) is 10.1. The molecule has 2 heteroatoms. The molecule has 0 N–H and O–H groups in total. The van der Waals surface area contributed by atoms with E-state index in [9.17, 15) is 0 Å². The highest BCUT2D eigenvalue weighted by atomic mass is 32.1. The van der Waals surface area contributed by atoms with Crippen LogP contribution in [0.1, 0.15) is 0 Å². The molecule has 2 aromatic heterocycles. The molecule has 176 valence electrons. The number of thiophene rings is 1. The predicted octanol–water partition coefficient (Wildman–Crippen LogP) is 10.6. The van der Waals surface area contributed by atoms with Crippen LogP contribution in [0.15, 0.2) is 127 Å². The predicted molar refractivity (Wildman–Crippen MR) is 166 cm³/mol. The molecular formula is C36H21NS. The summed E-state index contributed by atoms with van der Waals surface area (Å²) in [4.78, 5) is 0. The minimum Gasteiger partial charge on any atom is -0.309 e. The van der Waals surface area contributed by atoms with Crippen LogP contribution in [0.4, 0.5) is 0 Å². The molecule has 9 aromatic rings. The lowest BCUT2D eigenvalue weighted by Gasteiger charge is -2.16. The Morgan fingerprint density at radius 2 is 0.947 bits per heavy atom. The zero-order valence-electron chi connectivity index (χ0n) is 20.5. The van der Waals surface area contributed by atoms with Crippen molar-refractivity contribution >= 4 is 85.6 Å². The van der Waals surface area contributed by atoms with E-state index in [1.807, 2.05) is 11.3 Å². The first kappa shape index (κ1) is 20.4. The van der Waals surface area contributed by atoms with Crippen LogP contribution in [0.2, 0.25) is 0 Å². The topological polar surface area (TPSA) is 4.93 Å². The van der Waals surface area contributed by atoms with Crippen LogP contribution < -0.4 is 0 Å². The van der Waals surface area contributed by atoms with E-state index >= 15 is 0 Å². The van der Waals surface area contributed by atoms with E-state index in [1.165, 1.54) is 80.0 Å². The number of hydrogen-bond acceptors (Lipinski definition) is 1. The van der Waals surface area contributed by atoms with Crippen molar-refractivity contribution in [2.45, 2.75) is 0 Å². The first-order valence-corrected chi connectivity index (χ1v) is 13.9. The van der Waals surface area contributed by atoms with E-state index in [0.717, 1.165) is 0 Å². The second kappa shape index (κ2) is 7.44. The van der Waals surface area contributed by atoms with Crippen LogP contribution in [0.3, 0.4) is 0 Å². The molecule has 7 aromatic carbocycles. The largest absolute Gasteiger partial charge is 0.309 e. The standard InChI is InChI=1S/C36H21NS/c1-2-12-22(13-3-1)37-29-20-10-8-18-27(29)31-23-14-4-5-15-24(23)32-33(35(31)37)25-16-6-7-17-26(25)36-34(32)28-19-9-11-21-30(28)38-36/h1-21H. The van der Waals surface area contributed by atoms with Crippen LogP contribution in [0.5, 0.6) is 0 Å². The number of hydrogen-bond donors (Lipinski definition) is 0. The smallest absolute Gasteiger partial charge is 0.0632 e. The van der Waals surface area contributed by atoms with Gasteiger partial charge in [-0.05, 0) is 40.4 Å². The molecule has 0 saturated carbocycles. The number of para-hydroxylation sites is 2. The molecule has 1 nitrogen and oxygen atoms in total. The number of rotatable bonds is 1. The summed E-state index contributed by atoms with van der Waals surface area (Å²) >= 11 is 1.92. The Labute approximate surface area is 222 Å². The van der Waals surface area contributed by atoms with Crippen molar-refractivity contribution in [2.75, 3.05) is 0 Å². The van der Waals surface area contributed by atoms with Gasteiger partial charge >= 0.3 is 0 Å². The SMILES string of the molecule is c1ccc(-n2c3ccccc3c3c4ccccc4c4c5c6ccccc6sc5c5ccccc5c4c32)cc1. The molecule has 0 aliphatic rings. The lowest BCUT2D eigenvalue weighted by atomic mass is 9.90. The van der Waals surface area contributed by atoms with Gasteiger partial charge in [0.15, 0.2) is 0 Å². The van der Waals surface area contributed by atoms with Crippen molar-refractivity contribution in [3.8, 4) is 5.69 Å². The summed E-state index contributed by atoms with van der Waals surface area (Å²) in [6, 6.07) is 46.7. The monoisotopic (exact) mass is 499 g/mol. The molecule has 0 bridgehead atoms. The summed E-state index contributed by atoms with van der Waals surface area (Å²) in [5.74, 6) is 0. The zero-order valence-corrected chi connectivity index (χ0v) is 21.3. The van der Waals surface area contributed by atoms with Crippen molar-refractivity contribution in [1.29, 1.82) is 0 Å². The molecular weight excluding hydrogens is 478 g/mol. The van der Waals surface area contributed by atoms with Gasteiger partial charge in [-0.1, -0.05) is 103 Å². The van der Waals surface area contributed by atoms with Crippen molar-refractivity contribution in [3.63, 3.8) is 0 Å². The zero-order chi connectivity index (χ0) is 24.8. The molecule has 0 spiro atoms. The lowest BCUT2D eigenvalue weighted by Crippen LogP contribution is -1.95. The Bertz CT molecular complexity index is 2390. The normalized spacial score (nSPS) is 12.2. The molecule has 0 radical (unpaired) electrons. The maximum Gasteiger partial charge on any atom is 0.0632 e. The van der Waals surface area contributed by atoms with Crippen molar-refractivity contribution < 1.29 is 0 Å². The summed E-state index contributed by atoms with van der Waals surface area (Å²) in [5, 5.41) is 13.3. The van der Waals surface area contributed by atoms with Gasteiger partial charge in [0.05, 0.1) is 11.0 Å². The third-order valence-electron chi connectivity index (χ3n) is 8.13. The van der Waals surface area contributed by atoms with E-state index in [-0.39, 0.29) is 0 Å². The van der Waals surface area contributed by atoms with Gasteiger partial charge in [0.1, 0.15) is 0 Å². The molecule has 38 heavy (non-hydrogen) atoms. The third-order valence-corrected chi connectivity index (χ3v) is 9.33. The summed E-state index contributed by atoms with van der Waals surface area (Å²) in [7, 11) is 0. The fourth-order valence-corrected chi connectivity index (χ4v) is 7.92. The summed E-state index contributed by atoms with van der Waals surface area (Å²) in [6.07, 6.45) is 0. The third kappa shape index (κ3) is 2.50. The van der Waals surface area contributed by atoms with Gasteiger partial charge in [0.25, 0.3) is 0 Å². The number of nitrogens with zero attached hydrogens (tertiary/aromatic N) is 1. The Morgan fingerprint density at radius 3 is 1.71 bits per heavy atom. The van der Waals surface area contributed by atoms with Crippen molar-refractivity contribution in [2.24, 2.45) is 0 Å². The van der Waals surface area contributed by atoms with Gasteiger partial charge in [-0.3, -0.25) is 0 Å². The van der Waals surface area contributed by atoms with Crippen LogP contribution in [0, 0.1) is 0 Å². The number of aromatic nitrogens is 1. The van der Waals surface area contributed by atoms with Crippen LogP contribution >= 0.6 is 11.3 Å². The Morgan fingerprint density at radius 1 is 0.395 bits per heavy atom. The first-order valence-electron chi connectivity index (χ1n) is 13.0. The Balaban J connectivity index is 1.74. The average molecular weight is 500 g/mol. The molecule has 0 saturated heterocycles. The van der Waals surface area contributed by atoms with Crippen molar-refractivity contribution in [1.82, 2.24) is 4.57 Å². The second-order valence-corrected chi connectivity index (χ2v) is 11.1. The van der Waals surface area contributed by atoms with Gasteiger partial charge < -0.3 is 4.57 Å². The number of benzene rings is 7. The van der Waals surface area contributed by atoms with Gasteiger partial charge in [-0.15, -0.1) is 11.3 Å². The molecule has 0 amide bonds. The molecule has 0 aliphatic carbocycles. The van der Waals surface area contributed by atoms with Gasteiger partial charge in [-0.25, -0.2) is 0 Å². The van der Waals surface area contributed by atoms with E-state index in [4.69, 9.17) is 0 Å². The fourth-order valence-electron chi connectivity index (χ4n) is 6.67. The maximum atomic E-state index is 2.49. The summed E-state index contributed by atoms with van der Waals surface area (Å²) in [5.41, 5.74) is 3.72. The maximum absolute atomic E-state index is 2.49. The van der Waals surface area contributed by atoms with Crippen LogP contribution in [-0.4, -0.2) is 4.57 Å². The molecule has 9 rings (SSSR count). The summed E-state index contributed by atoms with van der Waals surface area (Å²) < 4.78 is 5.21. The number of fused-ring (bicyclic) bond motifs is 15. The first-order chi connectivity index (χ1) is 18.9. The average Bonchev–Trinajstić information content (AvgIpc) is 3.54. The molecule has 0 fully saturated rings. The van der Waals surface area contributed by atoms with Crippen LogP contribution in [-0.2, 0) is 0 Å². The minimum absolute atomic E-state index is 1.19.